The maximum atomic E-state index is 14.1. The zero-order valence-electron chi connectivity index (χ0n) is 14.8. The van der Waals surface area contributed by atoms with Crippen LogP contribution < -0.4 is 9.64 Å². The van der Waals surface area contributed by atoms with Crippen molar-refractivity contribution in [3.63, 3.8) is 0 Å². The predicted octanol–water partition coefficient (Wildman–Crippen LogP) is 3.84. The van der Waals surface area contributed by atoms with Crippen molar-refractivity contribution in [1.29, 1.82) is 0 Å². The van der Waals surface area contributed by atoms with Crippen LogP contribution >= 0.6 is 0 Å². The van der Waals surface area contributed by atoms with E-state index in [1.807, 2.05) is 30.0 Å². The second kappa shape index (κ2) is 8.13. The number of hydrogen-bond donors (Lipinski definition) is 0. The molecule has 1 heterocycles. The summed E-state index contributed by atoms with van der Waals surface area (Å²) in [6, 6.07) is 10.6. The third-order valence-corrected chi connectivity index (χ3v) is 4.63. The lowest BCUT2D eigenvalue weighted by Gasteiger charge is -2.20. The zero-order valence-corrected chi connectivity index (χ0v) is 14.8. The van der Waals surface area contributed by atoms with Crippen LogP contribution in [0.15, 0.2) is 36.4 Å². The van der Waals surface area contributed by atoms with Crippen molar-refractivity contribution in [2.45, 2.75) is 39.2 Å². The second-order valence-corrected chi connectivity index (χ2v) is 6.32. The molecule has 0 N–H and O–H groups in total. The molecule has 2 aromatic carbocycles. The number of nitrogens with zero attached hydrogens (tertiary/aromatic N) is 1. The highest BCUT2D eigenvalue weighted by atomic mass is 19.1. The van der Waals surface area contributed by atoms with Gasteiger partial charge in [-0.3, -0.25) is 4.79 Å². The number of hydrogen-bond acceptors (Lipinski definition) is 3. The Labute approximate surface area is 152 Å². The van der Waals surface area contributed by atoms with Gasteiger partial charge in [0.05, 0.1) is 5.69 Å². The highest BCUT2D eigenvalue weighted by Crippen LogP contribution is 2.33. The molecule has 0 aliphatic carbocycles. The van der Waals surface area contributed by atoms with Crippen LogP contribution in [0.25, 0.3) is 0 Å². The first-order valence-corrected chi connectivity index (χ1v) is 8.90. The summed E-state index contributed by atoms with van der Waals surface area (Å²) in [6.07, 6.45) is 2.77. The van der Waals surface area contributed by atoms with Gasteiger partial charge >= 0.3 is 0 Å². The molecule has 0 radical (unpaired) electrons. The van der Waals surface area contributed by atoms with E-state index in [0.717, 1.165) is 29.5 Å². The van der Waals surface area contributed by atoms with Crippen LogP contribution in [0.2, 0.25) is 0 Å². The Morgan fingerprint density at radius 1 is 1.27 bits per heavy atom. The minimum Gasteiger partial charge on any atom is -0.489 e. The number of ether oxygens (including phenoxy) is 1. The number of aldehydes is 1. The third kappa shape index (κ3) is 3.77. The van der Waals surface area contributed by atoms with E-state index < -0.39 is 0 Å². The number of amides is 1. The van der Waals surface area contributed by atoms with Gasteiger partial charge in [-0.15, -0.1) is 0 Å². The van der Waals surface area contributed by atoms with E-state index in [-0.39, 0.29) is 18.3 Å². The lowest BCUT2D eigenvalue weighted by Crippen LogP contribution is -2.28. The summed E-state index contributed by atoms with van der Waals surface area (Å²) in [7, 11) is 0. The van der Waals surface area contributed by atoms with Crippen molar-refractivity contribution in [3.05, 3.63) is 58.9 Å². The molecule has 0 saturated carbocycles. The maximum Gasteiger partial charge on any atom is 0.226 e. The molecule has 1 amide bonds. The average molecular weight is 355 g/mol. The predicted molar refractivity (Wildman–Crippen MR) is 97.9 cm³/mol. The molecule has 0 unspecified atom stereocenters. The number of carbonyl (C=O) groups excluding carboxylic acids is 2. The number of para-hydroxylation sites is 1. The lowest BCUT2D eigenvalue weighted by molar-refractivity contribution is -0.118. The summed E-state index contributed by atoms with van der Waals surface area (Å²) in [5, 5.41) is 0. The van der Waals surface area contributed by atoms with Crippen LogP contribution in [0, 0.1) is 5.82 Å². The Balaban J connectivity index is 1.75. The summed E-state index contributed by atoms with van der Waals surface area (Å²) >= 11 is 0. The van der Waals surface area contributed by atoms with Crippen LogP contribution in [0.1, 0.15) is 36.5 Å². The van der Waals surface area contributed by atoms with Gasteiger partial charge in [0.15, 0.2) is 0 Å². The summed E-state index contributed by atoms with van der Waals surface area (Å²) in [5.74, 6) is 0.161. The summed E-state index contributed by atoms with van der Waals surface area (Å²) in [4.78, 5) is 24.4. The first kappa shape index (κ1) is 18.1. The quantitative estimate of drug-likeness (QED) is 0.709. The standard InChI is InChI=1S/C21H22FNO3/c1-2-20(25)23-11-10-16-5-3-6-17(21(16)23)14-26-18-9-8-15(7-4-12-24)19(22)13-18/h3,5-6,8-9,12-13H,2,4,7,10-11,14H2,1H3. The highest BCUT2D eigenvalue weighted by molar-refractivity contribution is 5.96. The molecule has 0 atom stereocenters. The number of rotatable bonds is 7. The van der Waals surface area contributed by atoms with Gasteiger partial charge in [0.25, 0.3) is 0 Å². The van der Waals surface area contributed by atoms with E-state index in [2.05, 4.69) is 0 Å². The van der Waals surface area contributed by atoms with Gasteiger partial charge in [-0.2, -0.15) is 0 Å². The second-order valence-electron chi connectivity index (χ2n) is 6.32. The minimum atomic E-state index is -0.370. The summed E-state index contributed by atoms with van der Waals surface area (Å²) < 4.78 is 19.9. The molecule has 0 fully saturated rings. The van der Waals surface area contributed by atoms with E-state index in [9.17, 15) is 14.0 Å². The maximum absolute atomic E-state index is 14.1. The molecular weight excluding hydrogens is 333 g/mol. The number of anilines is 1. The molecule has 2 aromatic rings. The van der Waals surface area contributed by atoms with Gasteiger partial charge in [0.1, 0.15) is 24.5 Å². The molecule has 0 saturated heterocycles. The Bertz CT molecular complexity index is 819. The van der Waals surface area contributed by atoms with Crippen LogP contribution in [0.4, 0.5) is 10.1 Å². The van der Waals surface area contributed by atoms with Crippen molar-refractivity contribution in [3.8, 4) is 5.75 Å². The zero-order chi connectivity index (χ0) is 18.5. The molecule has 136 valence electrons. The summed E-state index contributed by atoms with van der Waals surface area (Å²) in [6.45, 7) is 2.82. The van der Waals surface area contributed by atoms with Gasteiger partial charge in [-0.25, -0.2) is 4.39 Å². The van der Waals surface area contributed by atoms with Gasteiger partial charge in [0, 0.05) is 31.0 Å². The lowest BCUT2D eigenvalue weighted by atomic mass is 10.1. The fraction of sp³-hybridized carbons (Fsp3) is 0.333. The van der Waals surface area contributed by atoms with Crippen LogP contribution in [-0.2, 0) is 29.0 Å². The molecule has 4 nitrogen and oxygen atoms in total. The molecule has 1 aliphatic heterocycles. The van der Waals surface area contributed by atoms with Crippen LogP contribution in [0.3, 0.4) is 0 Å². The first-order valence-electron chi connectivity index (χ1n) is 8.90. The van der Waals surface area contributed by atoms with Crippen molar-refractivity contribution < 1.29 is 18.7 Å². The Morgan fingerprint density at radius 3 is 2.85 bits per heavy atom. The number of aryl methyl sites for hydroxylation is 1. The smallest absolute Gasteiger partial charge is 0.226 e. The molecule has 0 spiro atoms. The number of benzene rings is 2. The molecule has 1 aliphatic rings. The van der Waals surface area contributed by atoms with Gasteiger partial charge in [-0.05, 0) is 30.0 Å². The molecule has 5 heteroatoms. The van der Waals surface area contributed by atoms with Crippen molar-refractivity contribution in [1.82, 2.24) is 0 Å². The van der Waals surface area contributed by atoms with Gasteiger partial charge in [0.2, 0.25) is 5.91 Å². The van der Waals surface area contributed by atoms with Gasteiger partial charge < -0.3 is 14.4 Å². The number of fused-ring (bicyclic) bond motifs is 1. The largest absolute Gasteiger partial charge is 0.489 e. The summed E-state index contributed by atoms with van der Waals surface area (Å²) in [5.41, 5.74) is 3.50. The molecule has 3 rings (SSSR count). The average Bonchev–Trinajstić information content (AvgIpc) is 3.09. The van der Waals surface area contributed by atoms with E-state index in [1.54, 1.807) is 12.1 Å². The Hall–Kier alpha value is -2.69. The van der Waals surface area contributed by atoms with Crippen molar-refractivity contribution in [2.75, 3.05) is 11.4 Å². The highest BCUT2D eigenvalue weighted by Gasteiger charge is 2.26. The topological polar surface area (TPSA) is 46.6 Å². The molecule has 0 aromatic heterocycles. The van der Waals surface area contributed by atoms with Crippen LogP contribution in [0.5, 0.6) is 5.75 Å². The van der Waals surface area contributed by atoms with Crippen molar-refractivity contribution in [2.24, 2.45) is 0 Å². The Morgan fingerprint density at radius 2 is 2.12 bits per heavy atom. The van der Waals surface area contributed by atoms with E-state index in [4.69, 9.17) is 4.74 Å². The normalized spacial score (nSPS) is 12.8. The number of halogens is 1. The number of carbonyl (C=O) groups is 2. The van der Waals surface area contributed by atoms with Crippen LogP contribution in [-0.4, -0.2) is 18.7 Å². The van der Waals surface area contributed by atoms with Gasteiger partial charge in [-0.1, -0.05) is 31.2 Å². The molecular formula is C21H22FNO3. The first-order chi connectivity index (χ1) is 12.6. The van der Waals surface area contributed by atoms with E-state index in [1.165, 1.54) is 6.07 Å². The monoisotopic (exact) mass is 355 g/mol. The van der Waals surface area contributed by atoms with Crippen molar-refractivity contribution >= 4 is 17.9 Å². The SMILES string of the molecule is CCC(=O)N1CCc2cccc(COc3ccc(CCC=O)c(F)c3)c21. The van der Waals surface area contributed by atoms with E-state index >= 15 is 0 Å². The Kier molecular flexibility index (Phi) is 5.66. The minimum absolute atomic E-state index is 0.0989. The fourth-order valence-corrected chi connectivity index (χ4v) is 3.29. The molecule has 26 heavy (non-hydrogen) atoms. The molecule has 0 bridgehead atoms. The third-order valence-electron chi connectivity index (χ3n) is 4.63. The fourth-order valence-electron chi connectivity index (χ4n) is 3.29. The van der Waals surface area contributed by atoms with E-state index in [0.29, 0.717) is 37.1 Å².